The van der Waals surface area contributed by atoms with Gasteiger partial charge in [0.2, 0.25) is 0 Å². The first-order chi connectivity index (χ1) is 11.7. The minimum atomic E-state index is -3.37. The van der Waals surface area contributed by atoms with Gasteiger partial charge in [-0.2, -0.15) is 4.90 Å². The Morgan fingerprint density at radius 2 is 1.92 bits per heavy atom. The Morgan fingerprint density at radius 3 is 2.48 bits per heavy atom. The first kappa shape index (κ1) is 17.1. The zero-order valence-electron chi connectivity index (χ0n) is 12.3. The number of halogens is 3. The number of amides is 3. The smallest absolute Gasteiger partial charge is 0.420 e. The molecule has 2 aliphatic rings. The van der Waals surface area contributed by atoms with Crippen LogP contribution < -0.4 is 9.80 Å². The van der Waals surface area contributed by atoms with E-state index in [9.17, 15) is 28.3 Å². The van der Waals surface area contributed by atoms with Crippen molar-refractivity contribution < 1.29 is 33.4 Å². The summed E-state index contributed by atoms with van der Waals surface area (Å²) in [6.45, 7) is -1.34. The molecule has 3 amide bonds. The van der Waals surface area contributed by atoms with Crippen molar-refractivity contribution in [1.82, 2.24) is 15.1 Å². The number of hydrogen-bond donors (Lipinski definition) is 2. The lowest BCUT2D eigenvalue weighted by Gasteiger charge is -2.52. The zero-order chi connectivity index (χ0) is 18.5. The third kappa shape index (κ3) is 2.32. The van der Waals surface area contributed by atoms with Gasteiger partial charge >= 0.3 is 12.2 Å². The van der Waals surface area contributed by atoms with Crippen molar-refractivity contribution in [1.29, 1.82) is 0 Å². The van der Waals surface area contributed by atoms with Gasteiger partial charge in [0.1, 0.15) is 0 Å². The highest BCUT2D eigenvalue weighted by atomic mass is 35.5. The summed E-state index contributed by atoms with van der Waals surface area (Å²) in [5, 5.41) is 25.2. The van der Waals surface area contributed by atoms with Crippen LogP contribution in [0.1, 0.15) is 0 Å². The van der Waals surface area contributed by atoms with E-state index in [2.05, 4.69) is 10.2 Å². The SMILES string of the molecule is O=C(O)N1CCN2c3cc(Cl)nnc3N(C(=O)O)C(=O)[C@@]2(C(F)F)C1. The number of rotatable bonds is 1. The minimum absolute atomic E-state index is 0.0483. The Balaban J connectivity index is 2.25. The fourth-order valence-electron chi connectivity index (χ4n) is 3.02. The molecule has 3 rings (SSSR count). The molecular formula is C12H10ClF2N5O5. The topological polar surface area (TPSA) is 127 Å². The number of nitrogens with zero attached hydrogens (tertiary/aromatic N) is 5. The second-order valence-electron chi connectivity index (χ2n) is 5.38. The van der Waals surface area contributed by atoms with Gasteiger partial charge in [-0.05, 0) is 0 Å². The highest BCUT2D eigenvalue weighted by Crippen LogP contribution is 2.44. The van der Waals surface area contributed by atoms with Crippen molar-refractivity contribution in [3.05, 3.63) is 11.2 Å². The van der Waals surface area contributed by atoms with Gasteiger partial charge in [0.05, 0.1) is 12.2 Å². The molecule has 0 radical (unpaired) electrons. The van der Waals surface area contributed by atoms with Crippen LogP contribution in [0, 0.1) is 0 Å². The molecule has 1 aromatic heterocycles. The van der Waals surface area contributed by atoms with Crippen molar-refractivity contribution in [2.45, 2.75) is 12.0 Å². The Labute approximate surface area is 143 Å². The van der Waals surface area contributed by atoms with Crippen LogP contribution >= 0.6 is 11.6 Å². The highest BCUT2D eigenvalue weighted by Gasteiger charge is 2.62. The van der Waals surface area contributed by atoms with Crippen LogP contribution in [0.5, 0.6) is 0 Å². The van der Waals surface area contributed by atoms with E-state index in [0.29, 0.717) is 4.90 Å². The molecule has 0 spiro atoms. The third-order valence-electron chi connectivity index (χ3n) is 4.13. The lowest BCUT2D eigenvalue weighted by Crippen LogP contribution is -2.75. The summed E-state index contributed by atoms with van der Waals surface area (Å²) in [4.78, 5) is 37.0. The molecule has 0 aliphatic carbocycles. The number of anilines is 2. The van der Waals surface area contributed by atoms with E-state index in [1.807, 2.05) is 0 Å². The van der Waals surface area contributed by atoms with Crippen molar-refractivity contribution >= 4 is 41.2 Å². The van der Waals surface area contributed by atoms with Gasteiger partial charge in [-0.3, -0.25) is 4.79 Å². The predicted molar refractivity (Wildman–Crippen MR) is 78.2 cm³/mol. The number of piperazine rings is 1. The van der Waals surface area contributed by atoms with Gasteiger partial charge in [-0.1, -0.05) is 11.6 Å². The molecule has 1 saturated heterocycles. The Hall–Kier alpha value is -2.76. The molecular weight excluding hydrogens is 368 g/mol. The average Bonchev–Trinajstić information content (AvgIpc) is 2.54. The number of hydrogen-bond acceptors (Lipinski definition) is 6. The number of imide groups is 1. The van der Waals surface area contributed by atoms with Gasteiger partial charge < -0.3 is 20.0 Å². The van der Waals surface area contributed by atoms with Crippen LogP contribution in [0.25, 0.3) is 0 Å². The summed E-state index contributed by atoms with van der Waals surface area (Å²) >= 11 is 5.73. The van der Waals surface area contributed by atoms with Gasteiger partial charge in [0.25, 0.3) is 12.3 Å². The summed E-state index contributed by atoms with van der Waals surface area (Å²) in [5.41, 5.74) is -2.83. The maximum Gasteiger partial charge on any atom is 0.420 e. The summed E-state index contributed by atoms with van der Waals surface area (Å²) in [7, 11) is 0. The van der Waals surface area contributed by atoms with Crippen molar-refractivity contribution in [3.63, 3.8) is 0 Å². The maximum atomic E-state index is 14.0. The number of alkyl halides is 2. The number of fused-ring (bicyclic) bond motifs is 3. The molecule has 25 heavy (non-hydrogen) atoms. The second kappa shape index (κ2) is 5.65. The van der Waals surface area contributed by atoms with Crippen LogP contribution in [0.3, 0.4) is 0 Å². The largest absolute Gasteiger partial charge is 0.465 e. The first-order valence-electron chi connectivity index (χ1n) is 6.84. The van der Waals surface area contributed by atoms with Gasteiger partial charge in [0, 0.05) is 19.2 Å². The van der Waals surface area contributed by atoms with Gasteiger partial charge in [-0.25, -0.2) is 18.4 Å². The van der Waals surface area contributed by atoms with E-state index in [0.717, 1.165) is 11.0 Å². The predicted octanol–water partition coefficient (Wildman–Crippen LogP) is 0.959. The van der Waals surface area contributed by atoms with E-state index in [1.165, 1.54) is 0 Å². The molecule has 0 unspecified atom stereocenters. The molecule has 2 N–H and O–H groups in total. The minimum Gasteiger partial charge on any atom is -0.465 e. The lowest BCUT2D eigenvalue weighted by molar-refractivity contribution is -0.131. The first-order valence-corrected chi connectivity index (χ1v) is 7.22. The summed E-state index contributed by atoms with van der Waals surface area (Å²) in [5.74, 6) is -1.95. The number of carbonyl (C=O) groups is 3. The summed E-state index contributed by atoms with van der Waals surface area (Å²) in [6, 6.07) is 1.11. The Kier molecular flexibility index (Phi) is 3.86. The van der Waals surface area contributed by atoms with E-state index in [4.69, 9.17) is 16.7 Å². The molecule has 134 valence electrons. The van der Waals surface area contributed by atoms with Crippen LogP contribution in [-0.4, -0.2) is 75.0 Å². The highest BCUT2D eigenvalue weighted by molar-refractivity contribution is 6.30. The number of aromatic nitrogens is 2. The maximum absolute atomic E-state index is 14.0. The van der Waals surface area contributed by atoms with Crippen LogP contribution in [0.15, 0.2) is 6.07 Å². The molecule has 2 aliphatic heterocycles. The van der Waals surface area contributed by atoms with Crippen LogP contribution in [-0.2, 0) is 4.79 Å². The molecule has 0 bridgehead atoms. The van der Waals surface area contributed by atoms with Crippen molar-refractivity contribution in [2.75, 3.05) is 29.4 Å². The molecule has 3 heterocycles. The molecule has 0 aromatic carbocycles. The molecule has 1 atom stereocenters. The molecule has 13 heteroatoms. The quantitative estimate of drug-likeness (QED) is 0.740. The van der Waals surface area contributed by atoms with Crippen molar-refractivity contribution in [2.24, 2.45) is 0 Å². The van der Waals surface area contributed by atoms with Crippen LogP contribution in [0.2, 0.25) is 5.15 Å². The van der Waals surface area contributed by atoms with Crippen LogP contribution in [0.4, 0.5) is 29.9 Å². The fraction of sp³-hybridized carbons (Fsp3) is 0.417. The summed E-state index contributed by atoms with van der Waals surface area (Å²) in [6.07, 6.45) is -6.70. The monoisotopic (exact) mass is 377 g/mol. The Morgan fingerprint density at radius 1 is 1.24 bits per heavy atom. The fourth-order valence-corrected chi connectivity index (χ4v) is 3.16. The van der Waals surface area contributed by atoms with E-state index >= 15 is 0 Å². The number of carbonyl (C=O) groups excluding carboxylic acids is 1. The van der Waals surface area contributed by atoms with Gasteiger partial charge in [-0.15, -0.1) is 10.2 Å². The normalized spacial score (nSPS) is 22.7. The molecule has 10 nitrogen and oxygen atoms in total. The Bertz CT molecular complexity index is 780. The van der Waals surface area contributed by atoms with E-state index in [-0.39, 0.29) is 28.8 Å². The summed E-state index contributed by atoms with van der Waals surface area (Å²) < 4.78 is 28.0. The molecule has 1 aromatic rings. The third-order valence-corrected chi connectivity index (χ3v) is 4.32. The molecule has 1 fully saturated rings. The standard InChI is InChI=1S/C12H10ClF2N5O5/c13-6-3-5-7(17-16-6)20(11(24)25)9(21)12(8(14)15)4-18(10(22)23)1-2-19(5)12/h3,8H,1-2,4H2,(H,22,23)(H,24,25)/t12-/m0/s1. The number of carboxylic acid groups (broad SMARTS) is 2. The van der Waals surface area contributed by atoms with Gasteiger partial charge in [0.15, 0.2) is 16.5 Å². The lowest BCUT2D eigenvalue weighted by atomic mass is 9.89. The van der Waals surface area contributed by atoms with Crippen molar-refractivity contribution in [3.8, 4) is 0 Å². The zero-order valence-corrected chi connectivity index (χ0v) is 13.0. The average molecular weight is 378 g/mol. The second-order valence-corrected chi connectivity index (χ2v) is 5.77. The van der Waals surface area contributed by atoms with E-state index < -0.39 is 42.4 Å². The molecule has 0 saturated carbocycles. The van der Waals surface area contributed by atoms with E-state index in [1.54, 1.807) is 0 Å².